The normalized spacial score (nSPS) is 12.3. The van der Waals surface area contributed by atoms with Crippen molar-refractivity contribution in [2.75, 3.05) is 20.3 Å². The second-order valence-corrected chi connectivity index (χ2v) is 9.36. The van der Waals surface area contributed by atoms with Crippen LogP contribution in [0.2, 0.25) is 0 Å². The molecule has 0 fully saturated rings. The Morgan fingerprint density at radius 1 is 1.10 bits per heavy atom. The van der Waals surface area contributed by atoms with Crippen LogP contribution in [0.25, 0.3) is 10.9 Å². The lowest BCUT2D eigenvalue weighted by Crippen LogP contribution is -2.35. The minimum Gasteiger partial charge on any atom is -0.494 e. The fraction of sp³-hybridized carbons (Fsp3) is 0.310. The van der Waals surface area contributed by atoms with Crippen LogP contribution in [0.3, 0.4) is 0 Å². The van der Waals surface area contributed by atoms with Crippen molar-refractivity contribution in [3.63, 3.8) is 0 Å². The second-order valence-electron chi connectivity index (χ2n) is 9.36. The first-order valence-electron chi connectivity index (χ1n) is 12.9. The third-order valence-electron chi connectivity index (χ3n) is 6.56. The first kappa shape index (κ1) is 26.3. The lowest BCUT2D eigenvalue weighted by Gasteiger charge is -2.30. The molecular formula is C29H32N6O4. The average Bonchev–Trinajstić information content (AvgIpc) is 3.62. The number of rotatable bonds is 12. The van der Waals surface area contributed by atoms with E-state index in [1.54, 1.807) is 18.1 Å². The molecule has 0 radical (unpaired) electrons. The van der Waals surface area contributed by atoms with E-state index in [1.807, 2.05) is 68.4 Å². The molecule has 0 saturated carbocycles. The monoisotopic (exact) mass is 528 g/mol. The number of hydrogen-bond donors (Lipinski definition) is 1. The number of hydrogen-bond acceptors (Lipinski definition) is 8. The summed E-state index contributed by atoms with van der Waals surface area (Å²) in [5, 5.41) is 13.5. The summed E-state index contributed by atoms with van der Waals surface area (Å²) in [5.74, 6) is 2.11. The summed E-state index contributed by atoms with van der Waals surface area (Å²) in [4.78, 5) is 18.8. The third-order valence-corrected chi connectivity index (χ3v) is 6.56. The highest BCUT2D eigenvalue weighted by Gasteiger charge is 2.31. The number of aryl methyl sites for hydroxylation is 1. The van der Waals surface area contributed by atoms with Crippen LogP contribution in [0.15, 0.2) is 76.1 Å². The Balaban J connectivity index is 1.65. The van der Waals surface area contributed by atoms with E-state index in [0.29, 0.717) is 44.2 Å². The molecule has 0 aliphatic rings. The van der Waals surface area contributed by atoms with E-state index < -0.39 is 6.04 Å². The van der Waals surface area contributed by atoms with Gasteiger partial charge in [-0.1, -0.05) is 23.8 Å². The molecule has 1 atom stereocenters. The van der Waals surface area contributed by atoms with Crippen LogP contribution >= 0.6 is 0 Å². The van der Waals surface area contributed by atoms with Crippen LogP contribution in [0, 0.1) is 6.92 Å². The summed E-state index contributed by atoms with van der Waals surface area (Å²) < 4.78 is 18.4. The van der Waals surface area contributed by atoms with Crippen LogP contribution in [0.4, 0.5) is 0 Å². The van der Waals surface area contributed by atoms with E-state index in [1.165, 1.54) is 0 Å². The third kappa shape index (κ3) is 6.08. The molecule has 0 aliphatic heterocycles. The molecule has 3 aromatic heterocycles. The molecule has 0 amide bonds. The van der Waals surface area contributed by atoms with Crippen LogP contribution in [-0.2, 0) is 24.4 Å². The average molecular weight is 529 g/mol. The van der Waals surface area contributed by atoms with Crippen molar-refractivity contribution in [3.05, 3.63) is 106 Å². The first-order valence-corrected chi connectivity index (χ1v) is 12.9. The number of benzene rings is 2. The fourth-order valence-electron chi connectivity index (χ4n) is 4.72. The van der Waals surface area contributed by atoms with Crippen LogP contribution in [0.1, 0.15) is 41.2 Å². The topological polar surface area (TPSA) is 111 Å². The molecule has 3 heterocycles. The highest BCUT2D eigenvalue weighted by atomic mass is 16.5. The largest absolute Gasteiger partial charge is 0.494 e. The SMILES string of the molecule is CCOc1ccc(CN(Cc2ccco2)[C@@H](c2cc3cc(C)ccc3[nH]c2=O)c2nnnn2CCOC)cc1. The van der Waals surface area contributed by atoms with Gasteiger partial charge in [0.05, 0.1) is 32.6 Å². The molecule has 39 heavy (non-hydrogen) atoms. The van der Waals surface area contributed by atoms with Gasteiger partial charge in [0, 0.05) is 24.7 Å². The van der Waals surface area contributed by atoms with E-state index >= 15 is 0 Å². The minimum atomic E-state index is -0.581. The molecule has 5 aromatic rings. The minimum absolute atomic E-state index is 0.200. The lowest BCUT2D eigenvalue weighted by molar-refractivity contribution is 0.163. The predicted molar refractivity (Wildman–Crippen MR) is 146 cm³/mol. The maximum absolute atomic E-state index is 13.6. The Labute approximate surface area is 226 Å². The van der Waals surface area contributed by atoms with Crippen molar-refractivity contribution in [2.45, 2.75) is 39.5 Å². The number of ether oxygens (including phenoxy) is 2. The summed E-state index contributed by atoms with van der Waals surface area (Å²) in [6, 6.07) is 19.1. The van der Waals surface area contributed by atoms with Gasteiger partial charge in [-0.05, 0) is 77.7 Å². The molecule has 0 spiro atoms. The van der Waals surface area contributed by atoms with Gasteiger partial charge in [-0.25, -0.2) is 4.68 Å². The van der Waals surface area contributed by atoms with Gasteiger partial charge in [-0.15, -0.1) is 5.10 Å². The van der Waals surface area contributed by atoms with Crippen molar-refractivity contribution in [3.8, 4) is 5.75 Å². The Morgan fingerprint density at radius 3 is 2.69 bits per heavy atom. The molecule has 10 heteroatoms. The van der Waals surface area contributed by atoms with E-state index in [0.717, 1.165) is 33.5 Å². The van der Waals surface area contributed by atoms with E-state index in [-0.39, 0.29) is 5.56 Å². The number of H-pyrrole nitrogens is 1. The number of methoxy groups -OCH3 is 1. The van der Waals surface area contributed by atoms with Crippen LogP contribution in [-0.4, -0.2) is 50.4 Å². The van der Waals surface area contributed by atoms with E-state index in [2.05, 4.69) is 31.5 Å². The molecule has 2 aromatic carbocycles. The zero-order valence-corrected chi connectivity index (χ0v) is 22.3. The molecule has 0 saturated heterocycles. The molecule has 5 rings (SSSR count). The van der Waals surface area contributed by atoms with Crippen molar-refractivity contribution >= 4 is 10.9 Å². The predicted octanol–water partition coefficient (Wildman–Crippen LogP) is 4.25. The number of aromatic nitrogens is 5. The zero-order chi connectivity index (χ0) is 27.2. The van der Waals surface area contributed by atoms with Gasteiger partial charge in [0.2, 0.25) is 0 Å². The highest BCUT2D eigenvalue weighted by Crippen LogP contribution is 2.30. The molecular weight excluding hydrogens is 496 g/mol. The number of pyridine rings is 1. The molecule has 0 unspecified atom stereocenters. The van der Waals surface area contributed by atoms with Gasteiger partial charge in [-0.3, -0.25) is 9.69 Å². The summed E-state index contributed by atoms with van der Waals surface area (Å²) in [6.07, 6.45) is 1.65. The number of furan rings is 1. The maximum atomic E-state index is 13.6. The number of nitrogens with zero attached hydrogens (tertiary/aromatic N) is 5. The maximum Gasteiger partial charge on any atom is 0.253 e. The van der Waals surface area contributed by atoms with Gasteiger partial charge in [0.15, 0.2) is 5.82 Å². The number of tetrazole rings is 1. The van der Waals surface area contributed by atoms with Gasteiger partial charge in [0.25, 0.3) is 5.56 Å². The molecule has 0 bridgehead atoms. The molecule has 202 valence electrons. The summed E-state index contributed by atoms with van der Waals surface area (Å²) >= 11 is 0. The number of aromatic amines is 1. The van der Waals surface area contributed by atoms with Gasteiger partial charge < -0.3 is 18.9 Å². The summed E-state index contributed by atoms with van der Waals surface area (Å²) in [7, 11) is 1.63. The fourth-order valence-corrected chi connectivity index (χ4v) is 4.72. The van der Waals surface area contributed by atoms with Gasteiger partial charge in [0.1, 0.15) is 17.6 Å². The van der Waals surface area contributed by atoms with Crippen molar-refractivity contribution in [1.29, 1.82) is 0 Å². The molecule has 0 aliphatic carbocycles. The van der Waals surface area contributed by atoms with Crippen molar-refractivity contribution in [2.24, 2.45) is 0 Å². The Bertz CT molecular complexity index is 1560. The molecule has 1 N–H and O–H groups in total. The van der Waals surface area contributed by atoms with Gasteiger partial charge in [-0.2, -0.15) is 0 Å². The number of fused-ring (bicyclic) bond motifs is 1. The Morgan fingerprint density at radius 2 is 1.95 bits per heavy atom. The lowest BCUT2D eigenvalue weighted by atomic mass is 10.0. The quantitative estimate of drug-likeness (QED) is 0.256. The van der Waals surface area contributed by atoms with Crippen molar-refractivity contribution in [1.82, 2.24) is 30.1 Å². The van der Waals surface area contributed by atoms with Crippen LogP contribution in [0.5, 0.6) is 5.75 Å². The zero-order valence-electron chi connectivity index (χ0n) is 22.3. The van der Waals surface area contributed by atoms with Gasteiger partial charge >= 0.3 is 0 Å². The Hall–Kier alpha value is -4.28. The standard InChI is InChI=1S/C29H32N6O4/c1-4-38-23-10-8-21(9-11-23)18-34(19-24-6-5-14-39-24)27(28-31-32-33-35(28)13-15-37-3)25-17-22-16-20(2)7-12-26(22)30-29(25)36/h5-12,14,16-17,27H,4,13,15,18-19H2,1-3H3,(H,30,36)/t27-/m0/s1. The Kier molecular flexibility index (Phi) is 8.14. The van der Waals surface area contributed by atoms with E-state index in [9.17, 15) is 4.79 Å². The second kappa shape index (κ2) is 12.1. The molecule has 10 nitrogen and oxygen atoms in total. The van der Waals surface area contributed by atoms with E-state index in [4.69, 9.17) is 13.9 Å². The first-order chi connectivity index (χ1) is 19.1. The highest BCUT2D eigenvalue weighted by molar-refractivity contribution is 5.79. The summed E-state index contributed by atoms with van der Waals surface area (Å²) in [5.41, 5.74) is 3.26. The van der Waals surface area contributed by atoms with Crippen LogP contribution < -0.4 is 10.3 Å². The van der Waals surface area contributed by atoms with Crippen molar-refractivity contribution < 1.29 is 13.9 Å². The summed E-state index contributed by atoms with van der Waals surface area (Å²) in [6.45, 7) is 6.38. The smallest absolute Gasteiger partial charge is 0.253 e. The number of nitrogens with one attached hydrogen (secondary N) is 1.